The third kappa shape index (κ3) is 4.64. The van der Waals surface area contributed by atoms with Crippen molar-refractivity contribution >= 4 is 23.4 Å². The van der Waals surface area contributed by atoms with Crippen LogP contribution in [0.4, 0.5) is 5.69 Å². The van der Waals surface area contributed by atoms with Gasteiger partial charge in [-0.05, 0) is 44.2 Å². The first kappa shape index (κ1) is 18.0. The maximum absolute atomic E-state index is 12.3. The molecule has 2 aromatic heterocycles. The van der Waals surface area contributed by atoms with E-state index in [4.69, 9.17) is 9.15 Å². The third-order valence-electron chi connectivity index (χ3n) is 3.52. The summed E-state index contributed by atoms with van der Waals surface area (Å²) < 4.78 is 10.8. The molecule has 0 radical (unpaired) electrons. The second-order valence-corrected chi connectivity index (χ2v) is 6.62. The van der Waals surface area contributed by atoms with E-state index in [9.17, 15) is 4.79 Å². The summed E-state index contributed by atoms with van der Waals surface area (Å²) in [5, 5.41) is 3.49. The zero-order valence-corrected chi connectivity index (χ0v) is 15.6. The molecule has 134 valence electrons. The predicted molar refractivity (Wildman–Crippen MR) is 101 cm³/mol. The largest absolute Gasteiger partial charge is 0.497 e. The molecule has 0 unspecified atom stereocenters. The first-order valence-corrected chi connectivity index (χ1v) is 9.01. The van der Waals surface area contributed by atoms with Crippen molar-refractivity contribution in [3.63, 3.8) is 0 Å². The highest BCUT2D eigenvalue weighted by molar-refractivity contribution is 7.98. The molecule has 6 nitrogen and oxygen atoms in total. The Morgan fingerprint density at radius 3 is 2.65 bits per heavy atom. The zero-order valence-electron chi connectivity index (χ0n) is 14.8. The molecule has 0 spiro atoms. The molecule has 0 saturated carbocycles. The van der Waals surface area contributed by atoms with Crippen molar-refractivity contribution in [3.05, 3.63) is 65.4 Å². The number of nitrogens with zero attached hydrogens (tertiary/aromatic N) is 2. The van der Waals surface area contributed by atoms with E-state index in [-0.39, 0.29) is 11.7 Å². The van der Waals surface area contributed by atoms with Gasteiger partial charge in [0.25, 0.3) is 5.91 Å². The number of benzene rings is 1. The van der Waals surface area contributed by atoms with Crippen LogP contribution in [0.1, 0.15) is 27.7 Å². The van der Waals surface area contributed by atoms with Gasteiger partial charge in [-0.3, -0.25) is 4.79 Å². The number of ether oxygens (including phenoxy) is 1. The first-order valence-electron chi connectivity index (χ1n) is 8.02. The third-order valence-corrected chi connectivity index (χ3v) is 4.39. The van der Waals surface area contributed by atoms with Crippen molar-refractivity contribution in [3.8, 4) is 5.75 Å². The lowest BCUT2D eigenvalue weighted by Crippen LogP contribution is -2.10. The number of carbonyl (C=O) groups is 1. The van der Waals surface area contributed by atoms with Crippen LogP contribution >= 0.6 is 11.8 Å². The minimum Gasteiger partial charge on any atom is -0.497 e. The number of methoxy groups -OCH3 is 1. The van der Waals surface area contributed by atoms with Crippen LogP contribution in [-0.4, -0.2) is 23.0 Å². The molecule has 0 fully saturated rings. The Hall–Kier alpha value is -2.80. The Kier molecular flexibility index (Phi) is 5.58. The fraction of sp³-hybridized carbons (Fsp3) is 0.211. The predicted octanol–water partition coefficient (Wildman–Crippen LogP) is 4.24. The van der Waals surface area contributed by atoms with Crippen LogP contribution in [0.3, 0.4) is 0 Å². The minimum atomic E-state index is -0.308. The molecule has 3 rings (SSSR count). The Balaban J connectivity index is 1.62. The summed E-state index contributed by atoms with van der Waals surface area (Å²) in [5.74, 6) is 1.86. The molecular weight excluding hydrogens is 350 g/mol. The average molecular weight is 369 g/mol. The Morgan fingerprint density at radius 2 is 1.92 bits per heavy atom. The monoisotopic (exact) mass is 369 g/mol. The van der Waals surface area contributed by atoms with Crippen LogP contribution in [0.2, 0.25) is 0 Å². The van der Waals surface area contributed by atoms with E-state index in [0.717, 1.165) is 11.4 Å². The molecule has 1 N–H and O–H groups in total. The summed E-state index contributed by atoms with van der Waals surface area (Å²) in [7, 11) is 1.58. The summed E-state index contributed by atoms with van der Waals surface area (Å²) in [6.07, 6.45) is 0. The fourth-order valence-electron chi connectivity index (χ4n) is 2.36. The van der Waals surface area contributed by atoms with Crippen LogP contribution < -0.4 is 10.1 Å². The summed E-state index contributed by atoms with van der Waals surface area (Å²) in [6, 6.07) is 12.5. The molecule has 0 saturated heterocycles. The van der Waals surface area contributed by atoms with Crippen LogP contribution in [0.5, 0.6) is 5.75 Å². The molecule has 3 aromatic rings. The van der Waals surface area contributed by atoms with E-state index in [1.807, 2.05) is 32.0 Å². The number of hydrogen-bond donors (Lipinski definition) is 1. The highest BCUT2D eigenvalue weighted by Crippen LogP contribution is 2.22. The number of carbonyl (C=O) groups excluding carboxylic acids is 1. The average Bonchev–Trinajstić information content (AvgIpc) is 3.08. The normalized spacial score (nSPS) is 10.6. The molecule has 7 heteroatoms. The SMILES string of the molecule is COc1cccc(NC(=O)c2ccc(CSc3nc(C)cc(C)n3)o2)c1. The van der Waals surface area contributed by atoms with Gasteiger partial charge in [-0.25, -0.2) is 9.97 Å². The van der Waals surface area contributed by atoms with Crippen molar-refractivity contribution in [2.24, 2.45) is 0 Å². The van der Waals surface area contributed by atoms with Gasteiger partial charge in [-0.2, -0.15) is 0 Å². The Labute approximate surface area is 156 Å². The van der Waals surface area contributed by atoms with Gasteiger partial charge in [-0.15, -0.1) is 0 Å². The number of thioether (sulfide) groups is 1. The van der Waals surface area contributed by atoms with E-state index in [2.05, 4.69) is 15.3 Å². The lowest BCUT2D eigenvalue weighted by Gasteiger charge is -2.05. The van der Waals surface area contributed by atoms with Crippen LogP contribution in [0.25, 0.3) is 0 Å². The molecular formula is C19H19N3O3S. The second-order valence-electron chi connectivity index (χ2n) is 5.67. The molecule has 26 heavy (non-hydrogen) atoms. The van der Waals surface area contributed by atoms with Gasteiger partial charge in [0.2, 0.25) is 0 Å². The summed E-state index contributed by atoms with van der Waals surface area (Å²) in [5.41, 5.74) is 2.50. The van der Waals surface area contributed by atoms with Gasteiger partial charge in [0, 0.05) is 23.1 Å². The van der Waals surface area contributed by atoms with Crippen LogP contribution in [-0.2, 0) is 5.75 Å². The quantitative estimate of drug-likeness (QED) is 0.517. The number of rotatable bonds is 6. The number of aryl methyl sites for hydroxylation is 2. The van der Waals surface area contributed by atoms with Crippen molar-refractivity contribution in [2.75, 3.05) is 12.4 Å². The Bertz CT molecular complexity index is 904. The fourth-order valence-corrected chi connectivity index (χ4v) is 3.21. The number of amides is 1. The highest BCUT2D eigenvalue weighted by Gasteiger charge is 2.12. The molecule has 0 aliphatic heterocycles. The van der Waals surface area contributed by atoms with Gasteiger partial charge in [0.15, 0.2) is 10.9 Å². The smallest absolute Gasteiger partial charge is 0.291 e. The van der Waals surface area contributed by atoms with Gasteiger partial charge in [0.1, 0.15) is 11.5 Å². The van der Waals surface area contributed by atoms with E-state index in [1.165, 1.54) is 11.8 Å². The lowest BCUT2D eigenvalue weighted by molar-refractivity contribution is 0.0995. The molecule has 0 atom stereocenters. The van der Waals surface area contributed by atoms with Crippen molar-refractivity contribution in [1.82, 2.24) is 9.97 Å². The number of anilines is 1. The van der Waals surface area contributed by atoms with Gasteiger partial charge in [-0.1, -0.05) is 17.8 Å². The number of furan rings is 1. The molecule has 2 heterocycles. The van der Waals surface area contributed by atoms with Gasteiger partial charge in [0.05, 0.1) is 12.9 Å². The van der Waals surface area contributed by atoms with Gasteiger partial charge < -0.3 is 14.5 Å². The molecule has 1 aromatic carbocycles. The number of hydrogen-bond acceptors (Lipinski definition) is 6. The molecule has 0 aliphatic carbocycles. The van der Waals surface area contributed by atoms with Crippen molar-refractivity contribution in [2.45, 2.75) is 24.8 Å². The highest BCUT2D eigenvalue weighted by atomic mass is 32.2. The summed E-state index contributed by atoms with van der Waals surface area (Å²) in [6.45, 7) is 3.87. The Morgan fingerprint density at radius 1 is 1.15 bits per heavy atom. The van der Waals surface area contributed by atoms with Crippen molar-refractivity contribution < 1.29 is 13.9 Å². The first-order chi connectivity index (χ1) is 12.5. The second kappa shape index (κ2) is 8.05. The number of aromatic nitrogens is 2. The molecule has 0 bridgehead atoms. The number of nitrogens with one attached hydrogen (secondary N) is 1. The van der Waals surface area contributed by atoms with E-state index < -0.39 is 0 Å². The molecule has 1 amide bonds. The zero-order chi connectivity index (χ0) is 18.5. The van der Waals surface area contributed by atoms with E-state index >= 15 is 0 Å². The summed E-state index contributed by atoms with van der Waals surface area (Å²) in [4.78, 5) is 21.1. The maximum atomic E-state index is 12.3. The van der Waals surface area contributed by atoms with E-state index in [1.54, 1.807) is 31.4 Å². The van der Waals surface area contributed by atoms with Crippen molar-refractivity contribution in [1.29, 1.82) is 0 Å². The topological polar surface area (TPSA) is 77.2 Å². The van der Waals surface area contributed by atoms with Crippen LogP contribution in [0.15, 0.2) is 52.0 Å². The maximum Gasteiger partial charge on any atom is 0.291 e. The molecule has 0 aliphatic rings. The standard InChI is InChI=1S/C19H19N3O3S/c1-12-9-13(2)21-19(20-12)26-11-16-7-8-17(25-16)18(23)22-14-5-4-6-15(10-14)24-3/h4-10H,11H2,1-3H3,(H,22,23). The van der Waals surface area contributed by atoms with Crippen LogP contribution in [0, 0.1) is 13.8 Å². The summed E-state index contributed by atoms with van der Waals surface area (Å²) >= 11 is 1.47. The minimum absolute atomic E-state index is 0.254. The van der Waals surface area contributed by atoms with E-state index in [0.29, 0.717) is 28.1 Å². The van der Waals surface area contributed by atoms with Gasteiger partial charge >= 0.3 is 0 Å². The lowest BCUT2D eigenvalue weighted by atomic mass is 10.3.